The minimum absolute atomic E-state index is 0. The van der Waals surface area contributed by atoms with E-state index >= 15 is 0 Å². The Morgan fingerprint density at radius 3 is 0.621 bits per heavy atom. The molecule has 0 saturated heterocycles. The van der Waals surface area contributed by atoms with Crippen LogP contribution in [0.4, 0.5) is 0 Å². The third kappa shape index (κ3) is 27.8. The maximum absolute atomic E-state index is 5.04. The van der Waals surface area contributed by atoms with Gasteiger partial charge in [-0.3, -0.25) is 0 Å². The standard InChI is InChI=1S/2C41H52.C41H48.C4H9.2CH3.6ClH.3Li.2Zr.2H/c3*1-39(2,3)36-25-32-33-26-37(40(4,5)6)31(28-19-13-10-14-20-28)24-35(33)38(41(7,8)29-21-15-16-22-29)34(32)23-30(36)27-17-11-9-12-18-27;1-3-4-2;;;;;;;;;;;;;;;/h2*9-14,17-20,23-26,29,32-35,38H,15-16,21-22H2,1-8H3;9-15,17-26,32-35,38H,16H2,1-8H3;1,3-4H2,2H3;2*1H3;6*1H;;;;;;;/q;;;3*-1;;;;;;;3*+1;2*+4;2*-1/p-6. The Morgan fingerprint density at radius 2 is 0.471 bits per heavy atom. The number of benzene rings is 6. The molecule has 11 heteroatoms. The normalized spacial score (nSPS) is 25.7. The van der Waals surface area contributed by atoms with Crippen molar-refractivity contribution >= 4 is 84.5 Å². The Morgan fingerprint density at radius 1 is 0.300 bits per heavy atom. The van der Waals surface area contributed by atoms with Crippen molar-refractivity contribution in [3.05, 3.63) is 367 Å². The van der Waals surface area contributed by atoms with Crippen LogP contribution >= 0.6 is 51.1 Å². The number of fused-ring (bicyclic) bond motifs is 9. The van der Waals surface area contributed by atoms with Crippen LogP contribution in [0.2, 0.25) is 0 Å². The van der Waals surface area contributed by atoms with E-state index in [1.807, 2.05) is 0 Å². The fourth-order valence-corrected chi connectivity index (χ4v) is 26.9. The number of allylic oxidation sites excluding steroid dienone is 28. The zero-order valence-electron chi connectivity index (χ0n) is 93.5. The molecule has 0 spiro atoms. The molecule has 6 aromatic rings. The molecule has 0 heterocycles. The second kappa shape index (κ2) is 50.3. The molecule has 0 N–H and O–H groups in total. The fraction of sp³-hybridized carbons (Fsp3) is 0.481. The van der Waals surface area contributed by atoms with E-state index in [2.05, 4.69) is 453 Å². The summed E-state index contributed by atoms with van der Waals surface area (Å²) in [6, 6.07) is 67.2. The molecule has 18 rings (SSSR count). The van der Waals surface area contributed by atoms with Crippen molar-refractivity contribution in [2.45, 2.75) is 244 Å². The maximum Gasteiger partial charge on any atom is 1.00 e. The minimum Gasteiger partial charge on any atom is -1.00 e. The quantitative estimate of drug-likeness (QED) is 0.0799. The van der Waals surface area contributed by atoms with Gasteiger partial charge in [0.25, 0.3) is 0 Å². The van der Waals surface area contributed by atoms with Crippen LogP contribution in [0.5, 0.6) is 0 Å². The van der Waals surface area contributed by atoms with Gasteiger partial charge in [0.1, 0.15) is 0 Å². The van der Waals surface area contributed by atoms with Gasteiger partial charge in [-0.05, 0) is 287 Å². The molecule has 12 aliphatic rings. The van der Waals surface area contributed by atoms with E-state index in [0.29, 0.717) is 88.8 Å². The van der Waals surface area contributed by atoms with Gasteiger partial charge < -0.3 is 24.6 Å². The first-order valence-electron chi connectivity index (χ1n) is 51.3. The summed E-state index contributed by atoms with van der Waals surface area (Å²) in [6.07, 6.45) is 54.7. The van der Waals surface area contributed by atoms with Crippen molar-refractivity contribution in [2.24, 2.45) is 149 Å². The van der Waals surface area contributed by atoms with E-state index in [-0.39, 0.29) is 123 Å². The molecular weight excluding hydrogens is 1970 g/mol. The zero-order chi connectivity index (χ0) is 98.1. The van der Waals surface area contributed by atoms with Crippen molar-refractivity contribution < 1.29 is 95.8 Å². The van der Waals surface area contributed by atoms with Gasteiger partial charge in [0.15, 0.2) is 0 Å². The fourth-order valence-electron chi connectivity index (χ4n) is 26.9. The second-order valence-electron chi connectivity index (χ2n) is 49.1. The van der Waals surface area contributed by atoms with E-state index in [1.54, 1.807) is 0 Å². The smallest absolute Gasteiger partial charge is 1.00 e. The first-order valence-corrected chi connectivity index (χ1v) is 70.3. The van der Waals surface area contributed by atoms with E-state index in [1.165, 1.54) is 164 Å². The number of halogens is 6. The van der Waals surface area contributed by atoms with Gasteiger partial charge in [0, 0.05) is 0 Å². The van der Waals surface area contributed by atoms with Crippen molar-refractivity contribution in [3.8, 4) is 0 Å². The summed E-state index contributed by atoms with van der Waals surface area (Å²) in [4.78, 5) is 0. The molecule has 738 valence electrons. The molecule has 12 aliphatic carbocycles. The summed E-state index contributed by atoms with van der Waals surface area (Å²) in [5.41, 5.74) is 28.9. The van der Waals surface area contributed by atoms with Gasteiger partial charge in [0.2, 0.25) is 0 Å². The van der Waals surface area contributed by atoms with Crippen LogP contribution in [0.15, 0.2) is 312 Å². The molecule has 5 fully saturated rings. The predicted octanol–water partition coefficient (Wildman–Crippen LogP) is 31.9. The van der Waals surface area contributed by atoms with Crippen LogP contribution in [0, 0.1) is 171 Å². The number of hydrogen-bond donors (Lipinski definition) is 0. The molecule has 12 unspecified atom stereocenters. The van der Waals surface area contributed by atoms with Gasteiger partial charge in [-0.1, -0.05) is 478 Å². The van der Waals surface area contributed by atoms with E-state index in [4.69, 9.17) is 51.1 Å². The summed E-state index contributed by atoms with van der Waals surface area (Å²) in [5, 5.41) is 0. The molecule has 6 aromatic carbocycles. The molecule has 0 bridgehead atoms. The monoisotopic (exact) mass is 2130 g/mol. The van der Waals surface area contributed by atoms with Gasteiger partial charge in [0.05, 0.1) is 0 Å². The average molecular weight is 2140 g/mol. The molecule has 140 heavy (non-hydrogen) atoms. The Bertz CT molecular complexity index is 5040. The number of hydrogen-bond acceptors (Lipinski definition) is 0. The summed E-state index contributed by atoms with van der Waals surface area (Å²) in [5.74, 6) is 9.64. The van der Waals surface area contributed by atoms with Crippen molar-refractivity contribution in [1.29, 1.82) is 0 Å². The molecule has 0 amide bonds. The minimum atomic E-state index is -3.29. The molecule has 0 aliphatic heterocycles. The van der Waals surface area contributed by atoms with Crippen LogP contribution in [0.25, 0.3) is 33.4 Å². The predicted molar refractivity (Wildman–Crippen MR) is 602 cm³/mol. The molecule has 0 aromatic heterocycles. The molecular formula is C129H169Cl6Li3Zr2. The number of unbranched alkanes of at least 4 members (excludes halogenated alkanes) is 1. The van der Waals surface area contributed by atoms with Gasteiger partial charge in [-0.15, -0.1) is 0 Å². The summed E-state index contributed by atoms with van der Waals surface area (Å²) >= 11 is -4.12. The van der Waals surface area contributed by atoms with Crippen LogP contribution in [0.3, 0.4) is 0 Å². The van der Waals surface area contributed by atoms with Crippen molar-refractivity contribution in [2.75, 3.05) is 0 Å². The maximum atomic E-state index is 5.04. The summed E-state index contributed by atoms with van der Waals surface area (Å²) < 4.78 is 0. The zero-order valence-corrected chi connectivity index (χ0v) is 101. The average Bonchev–Trinajstić information content (AvgIpc) is 1.56. The van der Waals surface area contributed by atoms with Gasteiger partial charge >= 0.3 is 144 Å². The SMILES string of the molecule is CC(C)(C)C1=CC2C3C=C(C(C)(C)C)C(c4ccccc4)=CC3C(C(C)(C)C3=CCC=C3)C2C=C1c1ccccc1.CC(C)(C)C1=CC2C3C=C(C(C)(C)C)C(c4ccccc4)=CC3C(C(C)(C)C3CCCC3)C2C=C1c1ccccc1.CC(C)(C)C1=CC2C3C=C(C(C)(C)C)C(c4ccccc4)=CC3C(C(C)(C)C3CCCC3)C2C=C1c1ccccc1.[CH2-]CCC.[CH3-].[CH3-].[Cl][Zr+2][Cl].[Cl][Zr]([Cl])([Cl])[Cl].[H-].[H-].[Li+].[Li+].[Li+]. The topological polar surface area (TPSA) is 0 Å². The van der Waals surface area contributed by atoms with E-state index < -0.39 is 36.3 Å². The number of rotatable bonds is 13. The van der Waals surface area contributed by atoms with E-state index in [0.717, 1.165) is 24.7 Å². The van der Waals surface area contributed by atoms with Crippen LogP contribution in [-0.2, 0) is 36.3 Å². The molecule has 0 nitrogen and oxygen atoms in total. The van der Waals surface area contributed by atoms with Crippen molar-refractivity contribution in [1.82, 2.24) is 0 Å². The van der Waals surface area contributed by atoms with Crippen LogP contribution < -0.4 is 56.6 Å². The van der Waals surface area contributed by atoms with E-state index in [9.17, 15) is 0 Å². The third-order valence-electron chi connectivity index (χ3n) is 33.1. The van der Waals surface area contributed by atoms with Crippen LogP contribution in [-0.4, -0.2) is 0 Å². The Hall–Kier alpha value is -3.02. The van der Waals surface area contributed by atoms with Gasteiger partial charge in [-0.25, -0.2) is 0 Å². The Balaban J connectivity index is 0.000000301. The largest absolute Gasteiger partial charge is 1.00 e. The second-order valence-corrected chi connectivity index (χ2v) is 75.3. The first kappa shape index (κ1) is 122. The summed E-state index contributed by atoms with van der Waals surface area (Å²) in [7, 11) is 30.0. The molecule has 5 saturated carbocycles. The van der Waals surface area contributed by atoms with Crippen molar-refractivity contribution in [3.63, 3.8) is 0 Å². The first-order chi connectivity index (χ1) is 63.4. The van der Waals surface area contributed by atoms with Crippen LogP contribution in [0.1, 0.15) is 280 Å². The molecule has 0 radical (unpaired) electrons. The Kier molecular flexibility index (Phi) is 43.9. The Labute approximate surface area is 930 Å². The summed E-state index contributed by atoms with van der Waals surface area (Å²) in [6.45, 7) is 64.6. The molecule has 12 atom stereocenters. The third-order valence-corrected chi connectivity index (χ3v) is 33.1. The van der Waals surface area contributed by atoms with Gasteiger partial charge in [-0.2, -0.15) is 6.42 Å².